The van der Waals surface area contributed by atoms with Crippen molar-refractivity contribution in [1.82, 2.24) is 4.98 Å². The number of pyridine rings is 1. The van der Waals surface area contributed by atoms with E-state index in [1.165, 1.54) is 25.1 Å². The lowest BCUT2D eigenvalue weighted by Crippen LogP contribution is -2.38. The highest BCUT2D eigenvalue weighted by Crippen LogP contribution is 2.37. The summed E-state index contributed by atoms with van der Waals surface area (Å²) in [6.07, 6.45) is 5.84. The van der Waals surface area contributed by atoms with E-state index >= 15 is 0 Å². The number of anilines is 1. The molecule has 19 heavy (non-hydrogen) atoms. The summed E-state index contributed by atoms with van der Waals surface area (Å²) in [5.41, 5.74) is 0.986. The van der Waals surface area contributed by atoms with Gasteiger partial charge in [-0.2, -0.15) is 0 Å². The number of nitrogens with zero attached hydrogens (tertiary/aromatic N) is 2. The molecule has 3 nitrogen and oxygen atoms in total. The first-order valence-corrected chi connectivity index (χ1v) is 6.91. The van der Waals surface area contributed by atoms with Crippen LogP contribution in [0.2, 0.25) is 0 Å². The molecule has 1 aliphatic rings. The molecule has 1 aliphatic carbocycles. The molecule has 1 aromatic rings. The largest absolute Gasteiger partial charge is 0.392 e. The number of aliphatic hydroxyl groups is 1. The van der Waals surface area contributed by atoms with Crippen molar-refractivity contribution in [1.29, 1.82) is 0 Å². The van der Waals surface area contributed by atoms with Crippen molar-refractivity contribution < 1.29 is 9.50 Å². The molecule has 0 aliphatic heterocycles. The molecule has 0 amide bonds. The quantitative estimate of drug-likeness (QED) is 0.913. The van der Waals surface area contributed by atoms with Crippen LogP contribution in [0.1, 0.15) is 45.1 Å². The fourth-order valence-corrected chi connectivity index (χ4v) is 2.85. The number of hydrogen-bond donors (Lipinski definition) is 1. The Hall–Kier alpha value is -1.16. The molecule has 0 unspecified atom stereocenters. The summed E-state index contributed by atoms with van der Waals surface area (Å²) in [4.78, 5) is 6.25. The molecule has 106 valence electrons. The second-order valence-corrected chi connectivity index (χ2v) is 6.30. The van der Waals surface area contributed by atoms with E-state index in [1.54, 1.807) is 0 Å². The van der Waals surface area contributed by atoms with Crippen molar-refractivity contribution in [2.24, 2.45) is 5.41 Å². The fourth-order valence-electron chi connectivity index (χ4n) is 2.85. The number of aromatic nitrogens is 1. The molecule has 1 aromatic heterocycles. The second-order valence-electron chi connectivity index (χ2n) is 6.30. The van der Waals surface area contributed by atoms with Gasteiger partial charge in [-0.05, 0) is 37.2 Å². The van der Waals surface area contributed by atoms with Crippen LogP contribution in [-0.4, -0.2) is 23.2 Å². The van der Waals surface area contributed by atoms with E-state index in [9.17, 15) is 9.50 Å². The lowest BCUT2D eigenvalue weighted by Gasteiger charge is -2.39. The van der Waals surface area contributed by atoms with E-state index in [4.69, 9.17) is 0 Å². The van der Waals surface area contributed by atoms with E-state index in [2.05, 4.69) is 23.7 Å². The summed E-state index contributed by atoms with van der Waals surface area (Å²) < 4.78 is 13.1. The van der Waals surface area contributed by atoms with Crippen molar-refractivity contribution >= 4 is 5.82 Å². The Bertz CT molecular complexity index is 438. The van der Waals surface area contributed by atoms with Crippen LogP contribution in [0, 0.1) is 11.2 Å². The minimum absolute atomic E-state index is 0.178. The van der Waals surface area contributed by atoms with Gasteiger partial charge in [0, 0.05) is 18.7 Å². The van der Waals surface area contributed by atoms with Crippen LogP contribution >= 0.6 is 0 Å². The minimum Gasteiger partial charge on any atom is -0.392 e. The number of aliphatic hydroxyl groups excluding tert-OH is 1. The van der Waals surface area contributed by atoms with Gasteiger partial charge in [0.05, 0.1) is 12.8 Å². The van der Waals surface area contributed by atoms with Gasteiger partial charge in [0.1, 0.15) is 11.6 Å². The Labute approximate surface area is 114 Å². The third kappa shape index (κ3) is 3.24. The summed E-state index contributed by atoms with van der Waals surface area (Å²) >= 11 is 0. The molecule has 0 atom stereocenters. The van der Waals surface area contributed by atoms with E-state index in [1.807, 2.05) is 7.05 Å². The Balaban J connectivity index is 2.14. The predicted molar refractivity (Wildman–Crippen MR) is 74.6 cm³/mol. The summed E-state index contributed by atoms with van der Waals surface area (Å²) in [5, 5.41) is 9.34. The zero-order chi connectivity index (χ0) is 14.0. The van der Waals surface area contributed by atoms with Gasteiger partial charge in [-0.25, -0.2) is 9.37 Å². The van der Waals surface area contributed by atoms with E-state index in [0.29, 0.717) is 22.8 Å². The molecular weight excluding hydrogens is 243 g/mol. The molecule has 1 N–H and O–H groups in total. The second kappa shape index (κ2) is 5.45. The van der Waals surface area contributed by atoms with Crippen LogP contribution in [-0.2, 0) is 6.61 Å². The van der Waals surface area contributed by atoms with Crippen molar-refractivity contribution in [3.8, 4) is 0 Å². The fraction of sp³-hybridized carbons (Fsp3) is 0.667. The average molecular weight is 266 g/mol. The molecular formula is C15H23FN2O. The maximum Gasteiger partial charge on any atom is 0.142 e. The number of rotatable bonds is 3. The van der Waals surface area contributed by atoms with Crippen molar-refractivity contribution in [2.45, 2.75) is 52.2 Å². The highest BCUT2D eigenvalue weighted by Gasteiger charge is 2.29. The Kier molecular flexibility index (Phi) is 4.09. The molecule has 4 heteroatoms. The van der Waals surface area contributed by atoms with Crippen molar-refractivity contribution in [3.63, 3.8) is 0 Å². The van der Waals surface area contributed by atoms with Crippen LogP contribution in [0.3, 0.4) is 0 Å². The molecule has 0 aromatic carbocycles. The molecule has 1 heterocycles. The van der Waals surface area contributed by atoms with Crippen molar-refractivity contribution in [2.75, 3.05) is 11.9 Å². The van der Waals surface area contributed by atoms with Crippen LogP contribution in [0.4, 0.5) is 10.2 Å². The number of hydrogen-bond acceptors (Lipinski definition) is 3. The first-order chi connectivity index (χ1) is 8.93. The monoisotopic (exact) mass is 266 g/mol. The molecule has 0 saturated heterocycles. The van der Waals surface area contributed by atoms with Gasteiger partial charge in [0.15, 0.2) is 0 Å². The lowest BCUT2D eigenvalue weighted by atomic mass is 9.75. The van der Waals surface area contributed by atoms with Gasteiger partial charge in [0.2, 0.25) is 0 Å². The molecule has 1 saturated carbocycles. The summed E-state index contributed by atoms with van der Waals surface area (Å²) in [7, 11) is 1.99. The third-order valence-electron chi connectivity index (χ3n) is 4.27. The van der Waals surface area contributed by atoms with E-state index < -0.39 is 5.82 Å². The van der Waals surface area contributed by atoms with Crippen LogP contribution < -0.4 is 4.90 Å². The Morgan fingerprint density at radius 1 is 1.42 bits per heavy atom. The summed E-state index contributed by atoms with van der Waals surface area (Å²) in [6, 6.07) is 1.79. The molecule has 1 fully saturated rings. The van der Waals surface area contributed by atoms with E-state index in [-0.39, 0.29) is 6.61 Å². The maximum absolute atomic E-state index is 13.1. The van der Waals surface area contributed by atoms with Gasteiger partial charge in [0.25, 0.3) is 0 Å². The Morgan fingerprint density at radius 3 is 2.63 bits per heavy atom. The SMILES string of the molecule is CN(c1ncc(F)cc1CO)C1CCC(C)(C)CC1. The molecule has 0 bridgehead atoms. The minimum atomic E-state index is -0.397. The van der Waals surface area contributed by atoms with Gasteiger partial charge < -0.3 is 10.0 Å². The smallest absolute Gasteiger partial charge is 0.142 e. The van der Waals surface area contributed by atoms with Gasteiger partial charge in [-0.1, -0.05) is 13.8 Å². The Morgan fingerprint density at radius 2 is 2.05 bits per heavy atom. The molecule has 2 rings (SSSR count). The molecule has 0 radical (unpaired) electrons. The highest BCUT2D eigenvalue weighted by atomic mass is 19.1. The first-order valence-electron chi connectivity index (χ1n) is 6.91. The zero-order valence-corrected chi connectivity index (χ0v) is 12.0. The van der Waals surface area contributed by atoms with Gasteiger partial charge >= 0.3 is 0 Å². The predicted octanol–water partition coefficient (Wildman–Crippen LogP) is 3.12. The van der Waals surface area contributed by atoms with Crippen LogP contribution in [0.25, 0.3) is 0 Å². The third-order valence-corrected chi connectivity index (χ3v) is 4.27. The van der Waals surface area contributed by atoms with Crippen LogP contribution in [0.5, 0.6) is 0 Å². The average Bonchev–Trinajstić information content (AvgIpc) is 2.37. The van der Waals surface area contributed by atoms with E-state index in [0.717, 1.165) is 12.8 Å². The van der Waals surface area contributed by atoms with Crippen molar-refractivity contribution in [3.05, 3.63) is 23.6 Å². The zero-order valence-electron chi connectivity index (χ0n) is 12.0. The lowest BCUT2D eigenvalue weighted by molar-refractivity contribution is 0.221. The topological polar surface area (TPSA) is 36.4 Å². The highest BCUT2D eigenvalue weighted by molar-refractivity contribution is 5.46. The maximum atomic E-state index is 13.1. The van der Waals surface area contributed by atoms with Gasteiger partial charge in [-0.15, -0.1) is 0 Å². The number of halogens is 1. The standard InChI is InChI=1S/C15H23FN2O/c1-15(2)6-4-13(5-7-15)18(3)14-11(10-19)8-12(16)9-17-14/h8-9,13,19H,4-7,10H2,1-3H3. The summed E-state index contributed by atoms with van der Waals surface area (Å²) in [5.74, 6) is 0.305. The van der Waals surface area contributed by atoms with Crippen LogP contribution in [0.15, 0.2) is 12.3 Å². The van der Waals surface area contributed by atoms with Gasteiger partial charge in [-0.3, -0.25) is 0 Å². The molecule has 0 spiro atoms. The first kappa shape index (κ1) is 14.3. The normalized spacial score (nSPS) is 19.4. The summed E-state index contributed by atoms with van der Waals surface area (Å²) in [6.45, 7) is 4.43.